The lowest BCUT2D eigenvalue weighted by molar-refractivity contribution is -0.183. The van der Waals surface area contributed by atoms with Crippen LogP contribution < -0.4 is 0 Å². The summed E-state index contributed by atoms with van der Waals surface area (Å²) < 4.78 is 29.4. The number of aliphatic hydroxyl groups excluding tert-OH is 1. The highest BCUT2D eigenvalue weighted by Gasteiger charge is 2.64. The molecule has 1 aliphatic carbocycles. The summed E-state index contributed by atoms with van der Waals surface area (Å²) in [7, 11) is 0. The molecular formula is C19H24O7. The van der Waals surface area contributed by atoms with Crippen molar-refractivity contribution in [2.75, 3.05) is 0 Å². The van der Waals surface area contributed by atoms with Crippen molar-refractivity contribution in [1.82, 2.24) is 0 Å². The molecule has 3 fully saturated rings. The molecule has 4 atom stereocenters. The zero-order chi connectivity index (χ0) is 18.7. The topological polar surface area (TPSA) is 83.5 Å². The number of aliphatic hydroxyl groups is 1. The van der Waals surface area contributed by atoms with E-state index in [1.165, 1.54) is 0 Å². The number of benzene rings is 1. The highest BCUT2D eigenvalue weighted by atomic mass is 16.8. The minimum Gasteiger partial charge on any atom is -0.453 e. The monoisotopic (exact) mass is 364 g/mol. The molecule has 0 aromatic heterocycles. The Kier molecular flexibility index (Phi) is 4.13. The fourth-order valence-electron chi connectivity index (χ4n) is 3.94. The van der Waals surface area contributed by atoms with E-state index in [-0.39, 0.29) is 0 Å². The van der Waals surface area contributed by atoms with E-state index in [0.29, 0.717) is 5.56 Å². The van der Waals surface area contributed by atoms with Gasteiger partial charge in [0, 0.05) is 0 Å². The highest BCUT2D eigenvalue weighted by Crippen LogP contribution is 2.45. The summed E-state index contributed by atoms with van der Waals surface area (Å²) >= 11 is 0. The van der Waals surface area contributed by atoms with Crippen molar-refractivity contribution in [3.05, 3.63) is 35.9 Å². The molecule has 7 nitrogen and oxygen atoms in total. The number of ether oxygens (including phenoxy) is 5. The van der Waals surface area contributed by atoms with Gasteiger partial charge in [0.05, 0.1) is 5.56 Å². The standard InChI is InChI=1S/C19H24O7/c1-18(2)23-12-11(20)13-16(26-19(3,4)24-13)14(15(12)25-18)22-17(21)10-8-6-5-7-9-10/h5-9,11-16,20H,1-4H3. The third kappa shape index (κ3) is 3.04. The van der Waals surface area contributed by atoms with E-state index in [1.807, 2.05) is 6.07 Å². The van der Waals surface area contributed by atoms with Crippen LogP contribution in [0.5, 0.6) is 0 Å². The van der Waals surface area contributed by atoms with Crippen LogP contribution in [0.2, 0.25) is 0 Å². The Balaban J connectivity index is 1.64. The van der Waals surface area contributed by atoms with Crippen LogP contribution in [0.3, 0.4) is 0 Å². The number of carbonyl (C=O) groups excluding carboxylic acids is 1. The van der Waals surface area contributed by atoms with Gasteiger partial charge in [-0.2, -0.15) is 0 Å². The Morgan fingerprint density at radius 3 is 1.85 bits per heavy atom. The summed E-state index contributed by atoms with van der Waals surface area (Å²) in [5.74, 6) is -2.28. The van der Waals surface area contributed by atoms with Gasteiger partial charge >= 0.3 is 5.97 Å². The second-order valence-electron chi connectivity index (χ2n) is 7.86. The molecule has 0 radical (unpaired) electrons. The molecule has 0 amide bonds. The van der Waals surface area contributed by atoms with Gasteiger partial charge in [-0.25, -0.2) is 4.79 Å². The number of rotatable bonds is 2. The van der Waals surface area contributed by atoms with E-state index in [0.717, 1.165) is 0 Å². The summed E-state index contributed by atoms with van der Waals surface area (Å²) in [5, 5.41) is 10.7. The van der Waals surface area contributed by atoms with Crippen LogP contribution in [0.1, 0.15) is 38.1 Å². The predicted molar refractivity (Wildman–Crippen MR) is 89.3 cm³/mol. The fraction of sp³-hybridized carbons (Fsp3) is 0.632. The van der Waals surface area contributed by atoms with E-state index in [4.69, 9.17) is 23.7 Å². The molecule has 26 heavy (non-hydrogen) atoms. The zero-order valence-electron chi connectivity index (χ0n) is 15.2. The molecule has 142 valence electrons. The summed E-state index contributed by atoms with van der Waals surface area (Å²) in [6, 6.07) is 8.72. The normalized spacial score (nSPS) is 39.9. The van der Waals surface area contributed by atoms with Crippen molar-refractivity contribution in [2.24, 2.45) is 0 Å². The first kappa shape index (κ1) is 17.9. The van der Waals surface area contributed by atoms with Gasteiger partial charge in [-0.05, 0) is 39.8 Å². The smallest absolute Gasteiger partial charge is 0.338 e. The van der Waals surface area contributed by atoms with Gasteiger partial charge in [-0.15, -0.1) is 0 Å². The summed E-state index contributed by atoms with van der Waals surface area (Å²) in [6.45, 7) is 7.04. The third-order valence-electron chi connectivity index (χ3n) is 4.90. The lowest BCUT2D eigenvalue weighted by Gasteiger charge is -2.40. The second kappa shape index (κ2) is 6.00. The molecule has 2 aliphatic heterocycles. The molecule has 0 spiro atoms. The Bertz CT molecular complexity index is 654. The van der Waals surface area contributed by atoms with E-state index < -0.39 is 54.2 Å². The molecule has 2 saturated heterocycles. The van der Waals surface area contributed by atoms with Crippen molar-refractivity contribution in [2.45, 2.75) is 75.9 Å². The van der Waals surface area contributed by atoms with Gasteiger partial charge in [0.15, 0.2) is 17.7 Å². The first-order valence-corrected chi connectivity index (χ1v) is 8.82. The summed E-state index contributed by atoms with van der Waals surface area (Å²) in [4.78, 5) is 12.6. The number of fused-ring (bicyclic) bond motifs is 2. The molecule has 7 heteroatoms. The van der Waals surface area contributed by atoms with Crippen molar-refractivity contribution in [1.29, 1.82) is 0 Å². The van der Waals surface area contributed by atoms with E-state index in [9.17, 15) is 9.90 Å². The fourth-order valence-corrected chi connectivity index (χ4v) is 3.94. The molecule has 1 N–H and O–H groups in total. The molecule has 2 heterocycles. The van der Waals surface area contributed by atoms with Gasteiger partial charge < -0.3 is 28.8 Å². The van der Waals surface area contributed by atoms with Crippen LogP contribution in [0, 0.1) is 0 Å². The minimum absolute atomic E-state index is 0.433. The van der Waals surface area contributed by atoms with E-state index >= 15 is 0 Å². The van der Waals surface area contributed by atoms with Crippen molar-refractivity contribution in [3.8, 4) is 0 Å². The predicted octanol–water partition coefficient (Wildman–Crippen LogP) is 1.63. The lowest BCUT2D eigenvalue weighted by Crippen LogP contribution is -2.62. The van der Waals surface area contributed by atoms with Crippen LogP contribution in [0.4, 0.5) is 0 Å². The highest BCUT2D eigenvalue weighted by molar-refractivity contribution is 5.89. The van der Waals surface area contributed by atoms with Gasteiger partial charge in [0.2, 0.25) is 0 Å². The SMILES string of the molecule is CC1(C)OC2C(O)C3OC(C)(C)OC3C(OC(=O)c3ccccc3)C2O1. The number of carbonyl (C=O) groups is 1. The molecule has 1 saturated carbocycles. The molecule has 1 aromatic carbocycles. The molecule has 4 rings (SSSR count). The average Bonchev–Trinajstić information content (AvgIpc) is 3.08. The number of hydrogen-bond donors (Lipinski definition) is 1. The van der Waals surface area contributed by atoms with Crippen LogP contribution in [0.15, 0.2) is 30.3 Å². The summed E-state index contributed by atoms with van der Waals surface area (Å²) in [6.07, 6.45) is -4.34. The summed E-state index contributed by atoms with van der Waals surface area (Å²) in [5.41, 5.74) is 0.433. The molecule has 3 aliphatic rings. The third-order valence-corrected chi connectivity index (χ3v) is 4.90. The average molecular weight is 364 g/mol. The second-order valence-corrected chi connectivity index (χ2v) is 7.86. The maximum Gasteiger partial charge on any atom is 0.338 e. The van der Waals surface area contributed by atoms with Crippen LogP contribution >= 0.6 is 0 Å². The van der Waals surface area contributed by atoms with Gasteiger partial charge in [-0.1, -0.05) is 18.2 Å². The van der Waals surface area contributed by atoms with Crippen molar-refractivity contribution < 1.29 is 33.6 Å². The van der Waals surface area contributed by atoms with E-state index in [2.05, 4.69) is 0 Å². The first-order valence-electron chi connectivity index (χ1n) is 8.82. The maximum atomic E-state index is 12.6. The van der Waals surface area contributed by atoms with Gasteiger partial charge in [0.1, 0.15) is 30.5 Å². The van der Waals surface area contributed by atoms with Gasteiger partial charge in [0.25, 0.3) is 0 Å². The van der Waals surface area contributed by atoms with Crippen LogP contribution in [-0.4, -0.2) is 59.3 Å². The first-order chi connectivity index (χ1) is 12.2. The Labute approximate surface area is 152 Å². The molecule has 1 aromatic rings. The lowest BCUT2D eigenvalue weighted by atomic mass is 9.85. The molecular weight excluding hydrogens is 340 g/mol. The largest absolute Gasteiger partial charge is 0.453 e. The van der Waals surface area contributed by atoms with Crippen molar-refractivity contribution >= 4 is 5.97 Å². The zero-order valence-corrected chi connectivity index (χ0v) is 15.2. The van der Waals surface area contributed by atoms with Crippen LogP contribution in [-0.2, 0) is 23.7 Å². The van der Waals surface area contributed by atoms with Crippen molar-refractivity contribution in [3.63, 3.8) is 0 Å². The Morgan fingerprint density at radius 2 is 1.35 bits per heavy atom. The maximum absolute atomic E-state index is 12.6. The van der Waals surface area contributed by atoms with Crippen LogP contribution in [0.25, 0.3) is 0 Å². The Hall–Kier alpha value is -1.51. The number of hydrogen-bond acceptors (Lipinski definition) is 7. The quantitative estimate of drug-likeness (QED) is 0.799. The minimum atomic E-state index is -0.944. The van der Waals surface area contributed by atoms with Gasteiger partial charge in [-0.3, -0.25) is 0 Å². The number of esters is 1. The Morgan fingerprint density at radius 1 is 0.885 bits per heavy atom. The molecule has 4 unspecified atom stereocenters. The molecule has 0 bridgehead atoms. The van der Waals surface area contributed by atoms with E-state index in [1.54, 1.807) is 52.0 Å².